The van der Waals surface area contributed by atoms with Gasteiger partial charge in [0.15, 0.2) is 5.96 Å². The minimum atomic E-state index is 0. The van der Waals surface area contributed by atoms with E-state index in [1.807, 2.05) is 30.3 Å². The molecule has 1 aliphatic carbocycles. The minimum absolute atomic E-state index is 0. The van der Waals surface area contributed by atoms with E-state index in [-0.39, 0.29) is 24.0 Å². The van der Waals surface area contributed by atoms with Crippen molar-refractivity contribution in [3.8, 4) is 5.75 Å². The Morgan fingerprint density at radius 2 is 1.80 bits per heavy atom. The topological polar surface area (TPSA) is 49.3 Å². The maximum atomic E-state index is 5.84. The Hall–Kier alpha value is -1.06. The maximum absolute atomic E-state index is 5.84. The van der Waals surface area contributed by atoms with Gasteiger partial charge >= 0.3 is 0 Å². The Morgan fingerprint density at radius 3 is 2.43 bits per heavy atom. The Kier molecular flexibility index (Phi) is 11.2. The van der Waals surface area contributed by atoms with Crippen LogP contribution in [0.2, 0.25) is 0 Å². The zero-order valence-electron chi connectivity index (χ0n) is 18.6. The summed E-state index contributed by atoms with van der Waals surface area (Å²) in [4.78, 5) is 9.90. The van der Waals surface area contributed by atoms with Crippen molar-refractivity contribution in [2.45, 2.75) is 33.1 Å². The molecule has 2 fully saturated rings. The Labute approximate surface area is 199 Å². The van der Waals surface area contributed by atoms with Crippen molar-refractivity contribution >= 4 is 29.9 Å². The first-order valence-corrected chi connectivity index (χ1v) is 11.3. The molecule has 170 valence electrons. The highest BCUT2D eigenvalue weighted by molar-refractivity contribution is 14.0. The second-order valence-electron chi connectivity index (χ2n) is 8.11. The monoisotopic (exact) mass is 530 g/mol. The molecular formula is C23H39IN4O2. The number of halogens is 1. The highest BCUT2D eigenvalue weighted by Crippen LogP contribution is 2.49. The van der Waals surface area contributed by atoms with Crippen LogP contribution in [0.4, 0.5) is 0 Å². The second kappa shape index (κ2) is 13.4. The zero-order valence-corrected chi connectivity index (χ0v) is 21.0. The van der Waals surface area contributed by atoms with Gasteiger partial charge in [-0.1, -0.05) is 18.2 Å². The van der Waals surface area contributed by atoms with Crippen LogP contribution in [0.5, 0.6) is 5.75 Å². The van der Waals surface area contributed by atoms with Gasteiger partial charge in [-0.25, -0.2) is 0 Å². The van der Waals surface area contributed by atoms with Crippen LogP contribution in [-0.4, -0.2) is 81.4 Å². The first-order valence-electron chi connectivity index (χ1n) is 11.3. The summed E-state index contributed by atoms with van der Waals surface area (Å²) in [5, 5.41) is 3.50. The summed E-state index contributed by atoms with van der Waals surface area (Å²) in [6.45, 7) is 13.6. The van der Waals surface area contributed by atoms with Crippen molar-refractivity contribution in [3.63, 3.8) is 0 Å². The second-order valence-corrected chi connectivity index (χ2v) is 8.11. The van der Waals surface area contributed by atoms with Gasteiger partial charge in [0.25, 0.3) is 0 Å². The summed E-state index contributed by atoms with van der Waals surface area (Å²) in [6, 6.07) is 10.1. The normalized spacial score (nSPS) is 18.6. The number of aliphatic imine (C=N–C) groups is 1. The summed E-state index contributed by atoms with van der Waals surface area (Å²) in [5.74, 6) is 2.03. The Bertz CT molecular complexity index is 617. The number of ether oxygens (including phenoxy) is 2. The number of piperazine rings is 1. The molecule has 0 atom stereocenters. The lowest BCUT2D eigenvalue weighted by Crippen LogP contribution is -2.53. The third-order valence-electron chi connectivity index (χ3n) is 5.93. The van der Waals surface area contributed by atoms with Gasteiger partial charge in [-0.05, 0) is 50.7 Å². The molecule has 1 heterocycles. The third kappa shape index (κ3) is 8.23. The Balaban J connectivity index is 0.00000320. The molecular weight excluding hydrogens is 491 g/mol. The van der Waals surface area contributed by atoms with E-state index in [2.05, 4.69) is 29.0 Å². The molecule has 3 rings (SSSR count). The van der Waals surface area contributed by atoms with Crippen LogP contribution in [0.1, 0.15) is 33.1 Å². The average Bonchev–Trinajstić information content (AvgIpc) is 3.53. The summed E-state index contributed by atoms with van der Waals surface area (Å²) in [5.41, 5.74) is 0.395. The molecule has 1 aliphatic heterocycles. The van der Waals surface area contributed by atoms with E-state index in [4.69, 9.17) is 14.5 Å². The third-order valence-corrected chi connectivity index (χ3v) is 5.93. The number of guanidine groups is 1. The fourth-order valence-electron chi connectivity index (χ4n) is 3.76. The number of nitrogens with zero attached hydrogens (tertiary/aromatic N) is 3. The molecule has 0 bridgehead atoms. The number of benzene rings is 1. The van der Waals surface area contributed by atoms with E-state index >= 15 is 0 Å². The molecule has 1 aromatic rings. The number of para-hydroxylation sites is 1. The van der Waals surface area contributed by atoms with Crippen LogP contribution >= 0.6 is 24.0 Å². The summed E-state index contributed by atoms with van der Waals surface area (Å²) in [6.07, 6.45) is 3.72. The lowest BCUT2D eigenvalue weighted by atomic mass is 10.0. The van der Waals surface area contributed by atoms with E-state index < -0.39 is 0 Å². The predicted molar refractivity (Wildman–Crippen MR) is 134 cm³/mol. The van der Waals surface area contributed by atoms with Crippen molar-refractivity contribution in [1.29, 1.82) is 0 Å². The number of rotatable bonds is 11. The van der Waals surface area contributed by atoms with Crippen LogP contribution in [-0.2, 0) is 4.74 Å². The van der Waals surface area contributed by atoms with E-state index in [1.165, 1.54) is 12.8 Å². The van der Waals surface area contributed by atoms with Crippen molar-refractivity contribution in [2.75, 3.05) is 65.6 Å². The molecule has 0 spiro atoms. The fourth-order valence-corrected chi connectivity index (χ4v) is 3.76. The van der Waals surface area contributed by atoms with E-state index in [1.54, 1.807) is 0 Å². The fraction of sp³-hybridized carbons (Fsp3) is 0.696. The Morgan fingerprint density at radius 1 is 1.07 bits per heavy atom. The van der Waals surface area contributed by atoms with Gasteiger partial charge in [0, 0.05) is 59.0 Å². The molecule has 1 aromatic carbocycles. The maximum Gasteiger partial charge on any atom is 0.194 e. The molecule has 2 aliphatic rings. The van der Waals surface area contributed by atoms with Gasteiger partial charge in [0.2, 0.25) is 0 Å². The van der Waals surface area contributed by atoms with Crippen LogP contribution in [0, 0.1) is 5.41 Å². The highest BCUT2D eigenvalue weighted by atomic mass is 127. The molecule has 1 saturated carbocycles. The van der Waals surface area contributed by atoms with Gasteiger partial charge in [0.05, 0.1) is 0 Å². The number of nitrogens with one attached hydrogen (secondary N) is 1. The molecule has 0 amide bonds. The SMILES string of the molecule is CCNC(=NCC1(CCOCC)CC1)N1CCN(CCOc2ccccc2)CC1.I. The summed E-state index contributed by atoms with van der Waals surface area (Å²) in [7, 11) is 0. The van der Waals surface area contributed by atoms with Gasteiger partial charge in [0.1, 0.15) is 12.4 Å². The van der Waals surface area contributed by atoms with Gasteiger partial charge in [-0.2, -0.15) is 0 Å². The van der Waals surface area contributed by atoms with Crippen LogP contribution in [0.15, 0.2) is 35.3 Å². The molecule has 1 saturated heterocycles. The molecule has 0 unspecified atom stereocenters. The van der Waals surface area contributed by atoms with Gasteiger partial charge < -0.3 is 19.7 Å². The highest BCUT2D eigenvalue weighted by Gasteiger charge is 2.42. The van der Waals surface area contributed by atoms with E-state index in [0.717, 1.165) is 83.8 Å². The summed E-state index contributed by atoms with van der Waals surface area (Å²) >= 11 is 0. The predicted octanol–water partition coefficient (Wildman–Crippen LogP) is 3.47. The first kappa shape index (κ1) is 25.2. The molecule has 0 aromatic heterocycles. The average molecular weight is 530 g/mol. The molecule has 30 heavy (non-hydrogen) atoms. The largest absolute Gasteiger partial charge is 0.492 e. The first-order chi connectivity index (χ1) is 14.2. The molecule has 0 radical (unpaired) electrons. The molecule has 7 heteroatoms. The standard InChI is InChI=1S/C23H38N4O2.HI/c1-3-24-22(25-20-23(10-11-23)12-18-28-4-2)27-15-13-26(14-16-27)17-19-29-21-8-6-5-7-9-21;/h5-9H,3-4,10-20H2,1-2H3,(H,24,25);1H. The van der Waals surface area contributed by atoms with Gasteiger partial charge in [-0.15, -0.1) is 24.0 Å². The lowest BCUT2D eigenvalue weighted by molar-refractivity contribution is 0.129. The molecule has 1 N–H and O–H groups in total. The van der Waals surface area contributed by atoms with Crippen molar-refractivity contribution in [2.24, 2.45) is 10.4 Å². The minimum Gasteiger partial charge on any atom is -0.492 e. The van der Waals surface area contributed by atoms with Crippen LogP contribution in [0.25, 0.3) is 0 Å². The van der Waals surface area contributed by atoms with Crippen molar-refractivity contribution in [3.05, 3.63) is 30.3 Å². The lowest BCUT2D eigenvalue weighted by Gasteiger charge is -2.36. The zero-order chi connectivity index (χ0) is 20.4. The summed E-state index contributed by atoms with van der Waals surface area (Å²) < 4.78 is 11.4. The quantitative estimate of drug-likeness (QED) is 0.206. The van der Waals surface area contributed by atoms with E-state index in [9.17, 15) is 0 Å². The van der Waals surface area contributed by atoms with Crippen molar-refractivity contribution in [1.82, 2.24) is 15.1 Å². The molecule has 6 nitrogen and oxygen atoms in total. The smallest absolute Gasteiger partial charge is 0.194 e. The van der Waals surface area contributed by atoms with E-state index in [0.29, 0.717) is 5.41 Å². The number of hydrogen-bond donors (Lipinski definition) is 1. The number of hydrogen-bond acceptors (Lipinski definition) is 4. The van der Waals surface area contributed by atoms with Gasteiger partial charge in [-0.3, -0.25) is 9.89 Å². The van der Waals surface area contributed by atoms with Crippen LogP contribution < -0.4 is 10.1 Å². The van der Waals surface area contributed by atoms with Crippen LogP contribution in [0.3, 0.4) is 0 Å². The van der Waals surface area contributed by atoms with Crippen molar-refractivity contribution < 1.29 is 9.47 Å².